The van der Waals surface area contributed by atoms with Crippen LogP contribution in [0.15, 0.2) is 24.5 Å². The van der Waals surface area contributed by atoms with Gasteiger partial charge in [0, 0.05) is 12.7 Å². The minimum absolute atomic E-state index is 0.174. The first-order valence-corrected chi connectivity index (χ1v) is 5.63. The third-order valence-corrected chi connectivity index (χ3v) is 2.36. The molecule has 0 amide bonds. The van der Waals surface area contributed by atoms with Crippen molar-refractivity contribution >= 4 is 17.5 Å². The summed E-state index contributed by atoms with van der Waals surface area (Å²) in [5.74, 6) is 0.0684. The maximum Gasteiger partial charge on any atom is 0.358 e. The zero-order valence-corrected chi connectivity index (χ0v) is 10.4. The number of nitrogens with zero attached hydrogens (tertiary/aromatic N) is 4. The zero-order valence-electron chi connectivity index (χ0n) is 10.4. The standard InChI is InChI=1S/C11H14N6O2/c1-19-11(18)9-2-3-10(16-15-9)13-4-5-17-7-8(12)6-14-17/h2-3,6-7H,4-5,12H2,1H3,(H,13,16). The van der Waals surface area contributed by atoms with Crippen LogP contribution in [0.4, 0.5) is 11.5 Å². The minimum atomic E-state index is -0.508. The molecule has 2 heterocycles. The van der Waals surface area contributed by atoms with E-state index in [0.29, 0.717) is 24.6 Å². The van der Waals surface area contributed by atoms with Gasteiger partial charge in [0.1, 0.15) is 5.82 Å². The molecule has 0 atom stereocenters. The molecule has 19 heavy (non-hydrogen) atoms. The topological polar surface area (TPSA) is 108 Å². The smallest absolute Gasteiger partial charge is 0.358 e. The number of carbonyl (C=O) groups excluding carboxylic acids is 1. The summed E-state index contributed by atoms with van der Waals surface area (Å²) in [4.78, 5) is 11.2. The van der Waals surface area contributed by atoms with Crippen LogP contribution in [0, 0.1) is 0 Å². The summed E-state index contributed by atoms with van der Waals surface area (Å²) in [6.45, 7) is 1.27. The highest BCUT2D eigenvalue weighted by Crippen LogP contribution is 2.03. The van der Waals surface area contributed by atoms with Crippen LogP contribution < -0.4 is 11.1 Å². The molecule has 0 fully saturated rings. The molecule has 0 unspecified atom stereocenters. The van der Waals surface area contributed by atoms with Gasteiger partial charge in [-0.25, -0.2) is 4.79 Å². The van der Waals surface area contributed by atoms with Gasteiger partial charge in [-0.3, -0.25) is 4.68 Å². The van der Waals surface area contributed by atoms with Gasteiger partial charge in [0.2, 0.25) is 0 Å². The number of esters is 1. The maximum absolute atomic E-state index is 11.2. The summed E-state index contributed by atoms with van der Waals surface area (Å²) in [6.07, 6.45) is 3.33. The van der Waals surface area contributed by atoms with Crippen LogP contribution in [0.25, 0.3) is 0 Å². The van der Waals surface area contributed by atoms with E-state index in [9.17, 15) is 4.79 Å². The second-order valence-electron chi connectivity index (χ2n) is 3.76. The fourth-order valence-electron chi connectivity index (χ4n) is 1.44. The summed E-state index contributed by atoms with van der Waals surface area (Å²) < 4.78 is 6.25. The number of methoxy groups -OCH3 is 1. The van der Waals surface area contributed by atoms with E-state index in [2.05, 4.69) is 25.3 Å². The molecule has 8 heteroatoms. The number of carbonyl (C=O) groups is 1. The molecule has 100 valence electrons. The van der Waals surface area contributed by atoms with E-state index in [1.807, 2.05) is 0 Å². The summed E-state index contributed by atoms with van der Waals surface area (Å²) in [5.41, 5.74) is 6.35. The fourth-order valence-corrected chi connectivity index (χ4v) is 1.44. The van der Waals surface area contributed by atoms with Gasteiger partial charge in [0.25, 0.3) is 0 Å². The molecule has 0 aliphatic carbocycles. The van der Waals surface area contributed by atoms with Crippen molar-refractivity contribution in [2.75, 3.05) is 24.7 Å². The molecule has 0 saturated heterocycles. The average molecular weight is 262 g/mol. The molecule has 2 aromatic rings. The van der Waals surface area contributed by atoms with Gasteiger partial charge >= 0.3 is 5.97 Å². The molecule has 0 radical (unpaired) electrons. The van der Waals surface area contributed by atoms with Crippen LogP contribution in [-0.4, -0.2) is 39.6 Å². The number of nitrogens with one attached hydrogen (secondary N) is 1. The Kier molecular flexibility index (Phi) is 3.91. The molecule has 0 aliphatic heterocycles. The van der Waals surface area contributed by atoms with Gasteiger partial charge in [-0.1, -0.05) is 0 Å². The fraction of sp³-hybridized carbons (Fsp3) is 0.273. The van der Waals surface area contributed by atoms with Gasteiger partial charge in [0.15, 0.2) is 5.69 Å². The maximum atomic E-state index is 11.2. The van der Waals surface area contributed by atoms with Crippen LogP contribution in [0.5, 0.6) is 0 Å². The molecule has 2 rings (SSSR count). The van der Waals surface area contributed by atoms with Gasteiger partial charge in [-0.15, -0.1) is 10.2 Å². The summed E-state index contributed by atoms with van der Waals surface area (Å²) >= 11 is 0. The number of hydrogen-bond donors (Lipinski definition) is 2. The van der Waals surface area contributed by atoms with Crippen molar-refractivity contribution in [1.82, 2.24) is 20.0 Å². The highest BCUT2D eigenvalue weighted by atomic mass is 16.5. The zero-order chi connectivity index (χ0) is 13.7. The van der Waals surface area contributed by atoms with Crippen LogP contribution in [-0.2, 0) is 11.3 Å². The Morgan fingerprint density at radius 3 is 2.89 bits per heavy atom. The summed E-state index contributed by atoms with van der Waals surface area (Å²) in [5, 5.41) is 14.7. The van der Waals surface area contributed by atoms with Crippen LogP contribution in [0.3, 0.4) is 0 Å². The molecule has 2 aromatic heterocycles. The minimum Gasteiger partial charge on any atom is -0.464 e. The van der Waals surface area contributed by atoms with Crippen molar-refractivity contribution in [2.45, 2.75) is 6.54 Å². The monoisotopic (exact) mass is 262 g/mol. The number of anilines is 2. The lowest BCUT2D eigenvalue weighted by Gasteiger charge is -2.05. The van der Waals surface area contributed by atoms with Gasteiger partial charge in [-0.05, 0) is 12.1 Å². The number of nitrogen functional groups attached to an aromatic ring is 1. The van der Waals surface area contributed by atoms with E-state index < -0.39 is 5.97 Å². The number of ether oxygens (including phenoxy) is 1. The Labute approximate surface area is 109 Å². The second-order valence-corrected chi connectivity index (χ2v) is 3.76. The van der Waals surface area contributed by atoms with E-state index in [0.717, 1.165) is 0 Å². The van der Waals surface area contributed by atoms with E-state index >= 15 is 0 Å². The first-order valence-electron chi connectivity index (χ1n) is 5.63. The lowest BCUT2D eigenvalue weighted by Crippen LogP contribution is -2.13. The largest absolute Gasteiger partial charge is 0.464 e. The quantitative estimate of drug-likeness (QED) is 0.738. The highest BCUT2D eigenvalue weighted by Gasteiger charge is 2.07. The molecule has 8 nitrogen and oxygen atoms in total. The third kappa shape index (κ3) is 3.41. The molecule has 0 bridgehead atoms. The van der Waals surface area contributed by atoms with Gasteiger partial charge in [0.05, 0.1) is 25.5 Å². The van der Waals surface area contributed by atoms with Crippen molar-refractivity contribution in [3.8, 4) is 0 Å². The highest BCUT2D eigenvalue weighted by molar-refractivity contribution is 5.86. The van der Waals surface area contributed by atoms with Crippen LogP contribution >= 0.6 is 0 Å². The van der Waals surface area contributed by atoms with Crippen LogP contribution in [0.1, 0.15) is 10.5 Å². The van der Waals surface area contributed by atoms with Crippen LogP contribution in [0.2, 0.25) is 0 Å². The molecule has 0 spiro atoms. The lowest BCUT2D eigenvalue weighted by molar-refractivity contribution is 0.0593. The van der Waals surface area contributed by atoms with E-state index in [-0.39, 0.29) is 5.69 Å². The Hall–Kier alpha value is -2.64. The summed E-state index contributed by atoms with van der Waals surface area (Å²) in [6, 6.07) is 3.21. The van der Waals surface area contributed by atoms with Gasteiger partial charge < -0.3 is 15.8 Å². The average Bonchev–Trinajstić information content (AvgIpc) is 2.84. The predicted octanol–water partition coefficient (Wildman–Crippen LogP) is 0.154. The van der Waals surface area contributed by atoms with E-state index in [1.165, 1.54) is 7.11 Å². The lowest BCUT2D eigenvalue weighted by atomic mass is 10.4. The molecule has 0 aromatic carbocycles. The van der Waals surface area contributed by atoms with Crippen molar-refractivity contribution < 1.29 is 9.53 Å². The van der Waals surface area contributed by atoms with Gasteiger partial charge in [-0.2, -0.15) is 5.10 Å². The summed E-state index contributed by atoms with van der Waals surface area (Å²) in [7, 11) is 1.30. The van der Waals surface area contributed by atoms with E-state index in [4.69, 9.17) is 5.73 Å². The Morgan fingerprint density at radius 1 is 1.47 bits per heavy atom. The Bertz CT molecular complexity index is 551. The predicted molar refractivity (Wildman–Crippen MR) is 68.5 cm³/mol. The number of rotatable bonds is 5. The van der Waals surface area contributed by atoms with Crippen molar-refractivity contribution in [2.24, 2.45) is 0 Å². The molecule has 3 N–H and O–H groups in total. The Balaban J connectivity index is 1.84. The third-order valence-electron chi connectivity index (χ3n) is 2.36. The number of nitrogens with two attached hydrogens (primary N) is 1. The number of aromatic nitrogens is 4. The molecular formula is C11H14N6O2. The Morgan fingerprint density at radius 2 is 2.32 bits per heavy atom. The molecular weight excluding hydrogens is 248 g/mol. The first kappa shape index (κ1) is 12.8. The van der Waals surface area contributed by atoms with Crippen molar-refractivity contribution in [1.29, 1.82) is 0 Å². The molecule has 0 saturated carbocycles. The van der Waals surface area contributed by atoms with Crippen molar-refractivity contribution in [3.63, 3.8) is 0 Å². The SMILES string of the molecule is COC(=O)c1ccc(NCCn2cc(N)cn2)nn1. The second kappa shape index (κ2) is 5.80. The first-order chi connectivity index (χ1) is 9.19. The molecule has 0 aliphatic rings. The number of hydrogen-bond acceptors (Lipinski definition) is 7. The van der Waals surface area contributed by atoms with E-state index in [1.54, 1.807) is 29.2 Å². The van der Waals surface area contributed by atoms with Crippen molar-refractivity contribution in [3.05, 3.63) is 30.2 Å². The normalized spacial score (nSPS) is 10.2.